The van der Waals surface area contributed by atoms with Crippen LogP contribution in [-0.4, -0.2) is 27.9 Å². The topological polar surface area (TPSA) is 53.7 Å². The molecule has 2 N–H and O–H groups in total. The van der Waals surface area contributed by atoms with Crippen LogP contribution in [0.3, 0.4) is 0 Å². The first-order valence-electron chi connectivity index (χ1n) is 6.11. The third-order valence-corrected chi connectivity index (χ3v) is 3.04. The van der Waals surface area contributed by atoms with Crippen molar-refractivity contribution in [1.82, 2.24) is 0 Å². The van der Waals surface area contributed by atoms with Crippen molar-refractivity contribution in [3.8, 4) is 11.5 Å². The molecule has 0 saturated carbocycles. The molecule has 18 heavy (non-hydrogen) atoms. The van der Waals surface area contributed by atoms with Crippen LogP contribution >= 0.6 is 0 Å². The maximum Gasteiger partial charge on any atom is 0.128 e. The van der Waals surface area contributed by atoms with Gasteiger partial charge >= 0.3 is 0 Å². The number of benzene rings is 1. The van der Waals surface area contributed by atoms with Gasteiger partial charge in [-0.15, -0.1) is 0 Å². The molecule has 1 unspecified atom stereocenters. The van der Waals surface area contributed by atoms with Gasteiger partial charge in [-0.25, -0.2) is 0 Å². The number of methoxy groups -OCH3 is 3. The SMILES string of the molecule is COCc1cc(OC)cc(C(C)CCN)c1OC. The van der Waals surface area contributed by atoms with E-state index in [0.717, 1.165) is 29.0 Å². The van der Waals surface area contributed by atoms with E-state index in [1.807, 2.05) is 12.1 Å². The minimum atomic E-state index is 0.329. The normalized spacial score (nSPS) is 12.3. The highest BCUT2D eigenvalue weighted by molar-refractivity contribution is 5.48. The third kappa shape index (κ3) is 3.37. The minimum absolute atomic E-state index is 0.329. The summed E-state index contributed by atoms with van der Waals surface area (Å²) in [4.78, 5) is 0. The van der Waals surface area contributed by atoms with E-state index in [1.54, 1.807) is 21.3 Å². The lowest BCUT2D eigenvalue weighted by atomic mass is 9.94. The summed E-state index contributed by atoms with van der Waals surface area (Å²) in [5, 5.41) is 0. The standard InChI is InChI=1S/C14H23NO3/c1-10(5-6-15)13-8-12(17-3)7-11(9-16-2)14(13)18-4/h7-8,10H,5-6,9,15H2,1-4H3. The molecular weight excluding hydrogens is 230 g/mol. The Morgan fingerprint density at radius 1 is 1.17 bits per heavy atom. The molecule has 1 aromatic rings. The molecule has 0 aliphatic rings. The molecule has 102 valence electrons. The van der Waals surface area contributed by atoms with Gasteiger partial charge in [0.15, 0.2) is 0 Å². The Kier molecular flexibility index (Phi) is 5.95. The monoisotopic (exact) mass is 253 g/mol. The van der Waals surface area contributed by atoms with Gasteiger partial charge in [-0.1, -0.05) is 6.92 Å². The fraction of sp³-hybridized carbons (Fsp3) is 0.571. The second kappa shape index (κ2) is 7.24. The Morgan fingerprint density at radius 2 is 1.89 bits per heavy atom. The van der Waals surface area contributed by atoms with Crippen LogP contribution in [-0.2, 0) is 11.3 Å². The van der Waals surface area contributed by atoms with Crippen LogP contribution in [0.2, 0.25) is 0 Å². The van der Waals surface area contributed by atoms with Crippen LogP contribution in [0.25, 0.3) is 0 Å². The first kappa shape index (κ1) is 14.8. The minimum Gasteiger partial charge on any atom is -0.497 e. The van der Waals surface area contributed by atoms with Crippen LogP contribution in [0.4, 0.5) is 0 Å². The number of nitrogens with two attached hydrogens (primary N) is 1. The van der Waals surface area contributed by atoms with Crippen molar-refractivity contribution < 1.29 is 14.2 Å². The lowest BCUT2D eigenvalue weighted by Crippen LogP contribution is -2.08. The summed E-state index contributed by atoms with van der Waals surface area (Å²) in [6.45, 7) is 3.30. The molecule has 0 saturated heterocycles. The molecule has 1 atom stereocenters. The van der Waals surface area contributed by atoms with Crippen molar-refractivity contribution in [1.29, 1.82) is 0 Å². The zero-order valence-electron chi connectivity index (χ0n) is 11.7. The third-order valence-electron chi connectivity index (χ3n) is 3.04. The Bertz CT molecular complexity index is 380. The van der Waals surface area contributed by atoms with Crippen LogP contribution < -0.4 is 15.2 Å². The summed E-state index contributed by atoms with van der Waals surface area (Å²) < 4.78 is 16.1. The van der Waals surface area contributed by atoms with E-state index in [-0.39, 0.29) is 0 Å². The van der Waals surface area contributed by atoms with Gasteiger partial charge in [-0.2, -0.15) is 0 Å². The van der Waals surface area contributed by atoms with E-state index < -0.39 is 0 Å². The van der Waals surface area contributed by atoms with E-state index in [9.17, 15) is 0 Å². The van der Waals surface area contributed by atoms with Gasteiger partial charge in [0, 0.05) is 18.2 Å². The van der Waals surface area contributed by atoms with Crippen LogP contribution in [0.1, 0.15) is 30.4 Å². The summed E-state index contributed by atoms with van der Waals surface area (Å²) in [7, 11) is 5.01. The largest absolute Gasteiger partial charge is 0.497 e. The molecule has 0 heterocycles. The average molecular weight is 253 g/mol. The van der Waals surface area contributed by atoms with E-state index in [4.69, 9.17) is 19.9 Å². The Morgan fingerprint density at radius 3 is 2.39 bits per heavy atom. The summed E-state index contributed by atoms with van der Waals surface area (Å²) in [5.41, 5.74) is 7.75. The molecular formula is C14H23NO3. The van der Waals surface area contributed by atoms with Crippen LogP contribution in [0, 0.1) is 0 Å². The molecule has 0 spiro atoms. The van der Waals surface area contributed by atoms with Crippen molar-refractivity contribution in [2.75, 3.05) is 27.9 Å². The molecule has 0 aromatic heterocycles. The maximum atomic E-state index is 5.63. The van der Waals surface area contributed by atoms with Gasteiger partial charge in [0.25, 0.3) is 0 Å². The van der Waals surface area contributed by atoms with Crippen molar-refractivity contribution in [2.24, 2.45) is 5.73 Å². The number of ether oxygens (including phenoxy) is 3. The van der Waals surface area contributed by atoms with Crippen molar-refractivity contribution >= 4 is 0 Å². The lowest BCUT2D eigenvalue weighted by molar-refractivity contribution is 0.181. The smallest absolute Gasteiger partial charge is 0.128 e. The molecule has 0 aliphatic carbocycles. The molecule has 1 aromatic carbocycles. The first-order chi connectivity index (χ1) is 8.67. The summed E-state index contributed by atoms with van der Waals surface area (Å²) >= 11 is 0. The van der Waals surface area contributed by atoms with Crippen molar-refractivity contribution in [3.63, 3.8) is 0 Å². The maximum absolute atomic E-state index is 5.63. The number of hydrogen-bond acceptors (Lipinski definition) is 4. The summed E-state index contributed by atoms with van der Waals surface area (Å²) in [6.07, 6.45) is 0.913. The second-order valence-electron chi connectivity index (χ2n) is 4.32. The zero-order valence-corrected chi connectivity index (χ0v) is 11.7. The molecule has 0 bridgehead atoms. The van der Waals surface area contributed by atoms with Gasteiger partial charge in [-0.3, -0.25) is 0 Å². The van der Waals surface area contributed by atoms with Crippen molar-refractivity contribution in [3.05, 3.63) is 23.3 Å². The Hall–Kier alpha value is -1.26. The molecule has 0 amide bonds. The van der Waals surface area contributed by atoms with Gasteiger partial charge in [-0.05, 0) is 31.0 Å². The Balaban J connectivity index is 3.23. The Labute approximate surface area is 109 Å². The predicted molar refractivity (Wildman–Crippen MR) is 72.3 cm³/mol. The predicted octanol–water partition coefficient (Wildman–Crippen LogP) is 2.30. The van der Waals surface area contributed by atoms with Gasteiger partial charge in [0.05, 0.1) is 20.8 Å². The average Bonchev–Trinajstić information content (AvgIpc) is 2.38. The van der Waals surface area contributed by atoms with Gasteiger partial charge in [0.1, 0.15) is 11.5 Å². The van der Waals surface area contributed by atoms with E-state index in [2.05, 4.69) is 6.92 Å². The van der Waals surface area contributed by atoms with Gasteiger partial charge in [0.2, 0.25) is 0 Å². The summed E-state index contributed by atoms with van der Waals surface area (Å²) in [6, 6.07) is 3.96. The number of rotatable bonds is 7. The second-order valence-corrected chi connectivity index (χ2v) is 4.32. The van der Waals surface area contributed by atoms with Crippen LogP contribution in [0.15, 0.2) is 12.1 Å². The molecule has 0 radical (unpaired) electrons. The van der Waals surface area contributed by atoms with E-state index in [1.165, 1.54) is 0 Å². The van der Waals surface area contributed by atoms with Crippen LogP contribution in [0.5, 0.6) is 11.5 Å². The number of hydrogen-bond donors (Lipinski definition) is 1. The molecule has 0 fully saturated rings. The van der Waals surface area contributed by atoms with Gasteiger partial charge < -0.3 is 19.9 Å². The van der Waals surface area contributed by atoms with Crippen molar-refractivity contribution in [2.45, 2.75) is 25.9 Å². The molecule has 4 heteroatoms. The first-order valence-corrected chi connectivity index (χ1v) is 6.11. The fourth-order valence-corrected chi connectivity index (χ4v) is 2.08. The van der Waals surface area contributed by atoms with E-state index in [0.29, 0.717) is 19.1 Å². The molecule has 0 aliphatic heterocycles. The molecule has 4 nitrogen and oxygen atoms in total. The van der Waals surface area contributed by atoms with E-state index >= 15 is 0 Å². The zero-order chi connectivity index (χ0) is 13.5. The summed E-state index contributed by atoms with van der Waals surface area (Å²) in [5.74, 6) is 2.02. The highest BCUT2D eigenvalue weighted by Gasteiger charge is 2.16. The fourth-order valence-electron chi connectivity index (χ4n) is 2.08. The molecule has 1 rings (SSSR count). The highest BCUT2D eigenvalue weighted by atomic mass is 16.5. The lowest BCUT2D eigenvalue weighted by Gasteiger charge is -2.19. The highest BCUT2D eigenvalue weighted by Crippen LogP contribution is 2.35. The quantitative estimate of drug-likeness (QED) is 0.810.